The van der Waals surface area contributed by atoms with Gasteiger partial charge in [-0.1, -0.05) is 20.3 Å². The van der Waals surface area contributed by atoms with Gasteiger partial charge in [0, 0.05) is 29.7 Å². The highest BCUT2D eigenvalue weighted by Crippen LogP contribution is 2.40. The third-order valence-corrected chi connectivity index (χ3v) is 4.04. The average Bonchev–Trinajstić information content (AvgIpc) is 2.78. The summed E-state index contributed by atoms with van der Waals surface area (Å²) in [4.78, 5) is 4.24. The highest BCUT2D eigenvalue weighted by atomic mass is 14.9. The second kappa shape index (κ2) is 6.19. The topological polar surface area (TPSA) is 50.9 Å². The Balaban J connectivity index is 2.17. The van der Waals surface area contributed by atoms with Crippen molar-refractivity contribution in [2.75, 3.05) is 12.3 Å². The second-order valence-corrected chi connectivity index (χ2v) is 5.61. The maximum absolute atomic E-state index is 6.12. The van der Waals surface area contributed by atoms with Gasteiger partial charge in [-0.25, -0.2) is 0 Å². The van der Waals surface area contributed by atoms with Crippen LogP contribution in [0.4, 0.5) is 5.69 Å². The zero-order chi connectivity index (χ0) is 13.0. The van der Waals surface area contributed by atoms with Crippen molar-refractivity contribution in [3.63, 3.8) is 0 Å². The van der Waals surface area contributed by atoms with Crippen LogP contribution >= 0.6 is 0 Å². The molecule has 100 valence electrons. The number of nitrogen functional groups attached to an aromatic ring is 1. The molecule has 3 nitrogen and oxygen atoms in total. The van der Waals surface area contributed by atoms with Crippen molar-refractivity contribution in [2.45, 2.75) is 45.6 Å². The summed E-state index contributed by atoms with van der Waals surface area (Å²) in [7, 11) is 0. The molecule has 2 rings (SSSR count). The van der Waals surface area contributed by atoms with Crippen LogP contribution in [0, 0.1) is 11.8 Å². The molecule has 1 aromatic heterocycles. The minimum Gasteiger partial charge on any atom is -0.398 e. The monoisotopic (exact) mass is 247 g/mol. The Morgan fingerprint density at radius 1 is 1.50 bits per heavy atom. The smallest absolute Gasteiger partial charge is 0.0393 e. The number of hydrogen-bond acceptors (Lipinski definition) is 3. The Morgan fingerprint density at radius 3 is 2.94 bits per heavy atom. The fourth-order valence-corrected chi connectivity index (χ4v) is 3.06. The molecule has 1 heterocycles. The van der Waals surface area contributed by atoms with Gasteiger partial charge in [0.15, 0.2) is 0 Å². The minimum atomic E-state index is 0.378. The van der Waals surface area contributed by atoms with Crippen LogP contribution in [0.5, 0.6) is 0 Å². The Hall–Kier alpha value is -1.09. The van der Waals surface area contributed by atoms with Crippen LogP contribution in [-0.4, -0.2) is 11.5 Å². The van der Waals surface area contributed by atoms with E-state index in [0.29, 0.717) is 12.0 Å². The van der Waals surface area contributed by atoms with Gasteiger partial charge in [-0.2, -0.15) is 0 Å². The quantitative estimate of drug-likeness (QED) is 0.840. The van der Waals surface area contributed by atoms with Gasteiger partial charge in [0.2, 0.25) is 0 Å². The van der Waals surface area contributed by atoms with Crippen LogP contribution < -0.4 is 11.1 Å². The van der Waals surface area contributed by atoms with Crippen molar-refractivity contribution in [2.24, 2.45) is 11.8 Å². The minimum absolute atomic E-state index is 0.378. The number of anilines is 1. The molecule has 3 N–H and O–H groups in total. The number of aromatic nitrogens is 1. The first kappa shape index (κ1) is 13.3. The van der Waals surface area contributed by atoms with Crippen molar-refractivity contribution in [1.29, 1.82) is 0 Å². The van der Waals surface area contributed by atoms with E-state index in [1.807, 2.05) is 12.3 Å². The summed E-state index contributed by atoms with van der Waals surface area (Å²) < 4.78 is 0. The molecule has 0 aromatic carbocycles. The lowest BCUT2D eigenvalue weighted by atomic mass is 9.91. The molecule has 1 aliphatic rings. The van der Waals surface area contributed by atoms with Crippen LogP contribution in [-0.2, 0) is 0 Å². The zero-order valence-corrected chi connectivity index (χ0v) is 11.5. The van der Waals surface area contributed by atoms with E-state index in [2.05, 4.69) is 24.1 Å². The fraction of sp³-hybridized carbons (Fsp3) is 0.667. The van der Waals surface area contributed by atoms with Crippen molar-refractivity contribution in [1.82, 2.24) is 10.3 Å². The molecule has 0 aliphatic heterocycles. The van der Waals surface area contributed by atoms with Crippen LogP contribution in [0.2, 0.25) is 0 Å². The van der Waals surface area contributed by atoms with E-state index >= 15 is 0 Å². The van der Waals surface area contributed by atoms with Crippen molar-refractivity contribution >= 4 is 5.69 Å². The molecule has 0 bridgehead atoms. The summed E-state index contributed by atoms with van der Waals surface area (Å²) in [5, 5.41) is 3.67. The highest BCUT2D eigenvalue weighted by molar-refractivity contribution is 5.46. The predicted octanol–water partition coefficient (Wildman–Crippen LogP) is 3.14. The third kappa shape index (κ3) is 3.02. The summed E-state index contributed by atoms with van der Waals surface area (Å²) in [5.41, 5.74) is 8.17. The van der Waals surface area contributed by atoms with E-state index in [-0.39, 0.29) is 0 Å². The van der Waals surface area contributed by atoms with E-state index in [0.717, 1.165) is 24.6 Å². The first-order valence-electron chi connectivity index (χ1n) is 7.15. The van der Waals surface area contributed by atoms with Crippen molar-refractivity contribution < 1.29 is 0 Å². The van der Waals surface area contributed by atoms with E-state index < -0.39 is 0 Å². The Bertz CT molecular complexity index is 378. The first-order valence-corrected chi connectivity index (χ1v) is 7.15. The Morgan fingerprint density at radius 2 is 2.33 bits per heavy atom. The molecular weight excluding hydrogens is 222 g/mol. The van der Waals surface area contributed by atoms with Crippen LogP contribution in [0.3, 0.4) is 0 Å². The molecule has 1 aliphatic carbocycles. The number of nitrogens with two attached hydrogens (primary N) is 1. The van der Waals surface area contributed by atoms with Gasteiger partial charge in [0.05, 0.1) is 0 Å². The van der Waals surface area contributed by atoms with Gasteiger partial charge in [0.25, 0.3) is 0 Å². The van der Waals surface area contributed by atoms with Crippen LogP contribution in [0.1, 0.15) is 51.1 Å². The summed E-state index contributed by atoms with van der Waals surface area (Å²) in [6.07, 6.45) is 8.80. The van der Waals surface area contributed by atoms with E-state index in [1.165, 1.54) is 24.8 Å². The van der Waals surface area contributed by atoms with Gasteiger partial charge in [-0.05, 0) is 43.7 Å². The highest BCUT2D eigenvalue weighted by Gasteiger charge is 2.30. The average molecular weight is 247 g/mol. The molecule has 1 aromatic rings. The Kier molecular flexibility index (Phi) is 4.59. The summed E-state index contributed by atoms with van der Waals surface area (Å²) in [5.74, 6) is 1.55. The number of nitrogens with one attached hydrogen (secondary N) is 1. The first-order chi connectivity index (χ1) is 8.72. The lowest BCUT2D eigenvalue weighted by molar-refractivity contribution is 0.359. The number of rotatable bonds is 5. The molecule has 0 spiro atoms. The van der Waals surface area contributed by atoms with Crippen molar-refractivity contribution in [3.05, 3.63) is 24.0 Å². The molecule has 1 fully saturated rings. The SMILES string of the molecule is CCCNC(c1cnccc1N)C1CCC(C)C1. The Labute approximate surface area is 110 Å². The number of nitrogens with zero attached hydrogens (tertiary/aromatic N) is 1. The number of pyridine rings is 1. The van der Waals surface area contributed by atoms with E-state index in [9.17, 15) is 0 Å². The predicted molar refractivity (Wildman–Crippen MR) is 76.2 cm³/mol. The maximum atomic E-state index is 6.12. The molecule has 0 radical (unpaired) electrons. The lowest BCUT2D eigenvalue weighted by Gasteiger charge is -2.26. The summed E-state index contributed by atoms with van der Waals surface area (Å²) in [6.45, 7) is 5.60. The zero-order valence-electron chi connectivity index (χ0n) is 11.5. The molecule has 3 atom stereocenters. The van der Waals surface area contributed by atoms with Gasteiger partial charge >= 0.3 is 0 Å². The lowest BCUT2D eigenvalue weighted by Crippen LogP contribution is -2.28. The van der Waals surface area contributed by atoms with Crippen LogP contribution in [0.15, 0.2) is 18.5 Å². The number of hydrogen-bond donors (Lipinski definition) is 2. The van der Waals surface area contributed by atoms with Gasteiger partial charge in [0.1, 0.15) is 0 Å². The van der Waals surface area contributed by atoms with Crippen molar-refractivity contribution in [3.8, 4) is 0 Å². The summed E-state index contributed by atoms with van der Waals surface area (Å²) >= 11 is 0. The van der Waals surface area contributed by atoms with Gasteiger partial charge < -0.3 is 11.1 Å². The molecular formula is C15H25N3. The van der Waals surface area contributed by atoms with E-state index in [1.54, 1.807) is 6.20 Å². The normalized spacial score (nSPS) is 25.2. The summed E-state index contributed by atoms with van der Waals surface area (Å²) in [6, 6.07) is 2.29. The second-order valence-electron chi connectivity index (χ2n) is 5.61. The largest absolute Gasteiger partial charge is 0.398 e. The van der Waals surface area contributed by atoms with Gasteiger partial charge in [-0.15, -0.1) is 0 Å². The standard InChI is InChI=1S/C15H25N3/c1-3-7-18-15(12-5-4-11(2)9-12)13-10-17-8-6-14(13)16/h6,8,10-12,15,18H,3-5,7,9H2,1-2H3,(H2,16,17). The van der Waals surface area contributed by atoms with Crippen LogP contribution in [0.25, 0.3) is 0 Å². The van der Waals surface area contributed by atoms with E-state index in [4.69, 9.17) is 5.73 Å². The third-order valence-electron chi connectivity index (χ3n) is 4.04. The fourth-order valence-electron chi connectivity index (χ4n) is 3.06. The molecule has 1 saturated carbocycles. The molecule has 18 heavy (non-hydrogen) atoms. The van der Waals surface area contributed by atoms with Gasteiger partial charge in [-0.3, -0.25) is 4.98 Å². The maximum Gasteiger partial charge on any atom is 0.0393 e. The molecule has 3 heteroatoms. The molecule has 0 saturated heterocycles. The molecule has 0 amide bonds. The molecule has 3 unspecified atom stereocenters.